The average molecular weight is 252 g/mol. The molecule has 0 aromatic rings. The van der Waals surface area contributed by atoms with E-state index in [1.165, 1.54) is 45.1 Å². The second-order valence-corrected chi connectivity index (χ2v) is 7.37. The molecule has 2 N–H and O–H groups in total. The van der Waals surface area contributed by atoms with E-state index in [4.69, 9.17) is 5.73 Å². The van der Waals surface area contributed by atoms with Crippen molar-refractivity contribution >= 4 is 0 Å². The van der Waals surface area contributed by atoms with Crippen molar-refractivity contribution in [1.82, 2.24) is 4.90 Å². The van der Waals surface area contributed by atoms with Crippen molar-refractivity contribution in [2.75, 3.05) is 13.1 Å². The summed E-state index contributed by atoms with van der Waals surface area (Å²) in [6.07, 6.45) is 8.38. The minimum atomic E-state index is 0.416. The van der Waals surface area contributed by atoms with Crippen LogP contribution in [0.1, 0.15) is 59.3 Å². The maximum atomic E-state index is 6.20. The molecule has 2 aliphatic rings. The summed E-state index contributed by atoms with van der Waals surface area (Å²) in [6, 6.07) is 1.25. The zero-order valence-electron chi connectivity index (χ0n) is 12.6. The van der Waals surface area contributed by atoms with Crippen LogP contribution in [0.15, 0.2) is 0 Å². The molecule has 0 aromatic heterocycles. The Morgan fingerprint density at radius 1 is 1.17 bits per heavy atom. The molecular weight excluding hydrogens is 220 g/mol. The number of hydrogen-bond donors (Lipinski definition) is 1. The Kier molecular flexibility index (Phi) is 5.08. The second kappa shape index (κ2) is 6.38. The molecule has 0 amide bonds. The number of nitrogens with two attached hydrogens (primary N) is 1. The topological polar surface area (TPSA) is 29.3 Å². The molecule has 2 rings (SSSR count). The second-order valence-electron chi connectivity index (χ2n) is 7.37. The van der Waals surface area contributed by atoms with E-state index in [1.54, 1.807) is 0 Å². The van der Waals surface area contributed by atoms with Gasteiger partial charge in [-0.3, -0.25) is 4.90 Å². The van der Waals surface area contributed by atoms with Crippen LogP contribution in [0.3, 0.4) is 0 Å². The minimum absolute atomic E-state index is 0.416. The molecule has 0 aromatic carbocycles. The monoisotopic (exact) mass is 252 g/mol. The van der Waals surface area contributed by atoms with Gasteiger partial charge in [-0.25, -0.2) is 0 Å². The highest BCUT2D eigenvalue weighted by molar-refractivity contribution is 4.87. The van der Waals surface area contributed by atoms with Gasteiger partial charge in [-0.1, -0.05) is 33.6 Å². The van der Waals surface area contributed by atoms with Crippen LogP contribution >= 0.6 is 0 Å². The lowest BCUT2D eigenvalue weighted by atomic mass is 9.79. The molecule has 1 aliphatic carbocycles. The molecule has 2 nitrogen and oxygen atoms in total. The summed E-state index contributed by atoms with van der Waals surface area (Å²) >= 11 is 0. The van der Waals surface area contributed by atoms with Crippen LogP contribution in [0.5, 0.6) is 0 Å². The molecule has 1 saturated carbocycles. The summed E-state index contributed by atoms with van der Waals surface area (Å²) in [5.74, 6) is 2.62. The zero-order chi connectivity index (χ0) is 13.1. The van der Waals surface area contributed by atoms with E-state index in [0.717, 1.165) is 30.3 Å². The molecule has 4 unspecified atom stereocenters. The average Bonchev–Trinajstić information content (AvgIpc) is 2.27. The third kappa shape index (κ3) is 3.96. The Hall–Kier alpha value is -0.0800. The molecule has 1 heterocycles. The standard InChI is InChI=1S/C16H32N2/c1-12(2)7-14-5-4-6-16(9-14)18-10-13(3)8-15(17)11-18/h12-16H,4-11,17H2,1-3H3. The summed E-state index contributed by atoms with van der Waals surface area (Å²) in [5.41, 5.74) is 6.20. The van der Waals surface area contributed by atoms with Gasteiger partial charge in [-0.15, -0.1) is 0 Å². The first-order valence-electron chi connectivity index (χ1n) is 8.04. The van der Waals surface area contributed by atoms with Crippen molar-refractivity contribution in [2.45, 2.75) is 71.4 Å². The highest BCUT2D eigenvalue weighted by Gasteiger charge is 2.31. The molecule has 2 fully saturated rings. The molecule has 18 heavy (non-hydrogen) atoms. The zero-order valence-corrected chi connectivity index (χ0v) is 12.6. The SMILES string of the molecule is CC(C)CC1CCCC(N2CC(C)CC(N)C2)C1. The lowest BCUT2D eigenvalue weighted by molar-refractivity contribution is 0.0732. The number of nitrogens with zero attached hydrogens (tertiary/aromatic N) is 1. The molecule has 2 heteroatoms. The van der Waals surface area contributed by atoms with Crippen LogP contribution in [0, 0.1) is 17.8 Å². The van der Waals surface area contributed by atoms with Gasteiger partial charge in [0.25, 0.3) is 0 Å². The molecule has 106 valence electrons. The first-order chi connectivity index (χ1) is 8.54. The molecule has 4 atom stereocenters. The number of likely N-dealkylation sites (tertiary alicyclic amines) is 1. The molecule has 0 spiro atoms. The van der Waals surface area contributed by atoms with Crippen molar-refractivity contribution in [1.29, 1.82) is 0 Å². The van der Waals surface area contributed by atoms with Crippen LogP contribution in [0.4, 0.5) is 0 Å². The quantitative estimate of drug-likeness (QED) is 0.835. The van der Waals surface area contributed by atoms with E-state index in [0.29, 0.717) is 6.04 Å². The normalized spacial score (nSPS) is 39.2. The maximum absolute atomic E-state index is 6.20. The van der Waals surface area contributed by atoms with Crippen LogP contribution in [0.2, 0.25) is 0 Å². The fraction of sp³-hybridized carbons (Fsp3) is 1.00. The van der Waals surface area contributed by atoms with Crippen molar-refractivity contribution < 1.29 is 0 Å². The van der Waals surface area contributed by atoms with Gasteiger partial charge in [0.05, 0.1) is 0 Å². The summed E-state index contributed by atoms with van der Waals surface area (Å²) in [5, 5.41) is 0. The van der Waals surface area contributed by atoms with Gasteiger partial charge in [-0.2, -0.15) is 0 Å². The van der Waals surface area contributed by atoms with Crippen LogP contribution in [0.25, 0.3) is 0 Å². The van der Waals surface area contributed by atoms with E-state index >= 15 is 0 Å². The van der Waals surface area contributed by atoms with Gasteiger partial charge in [0.2, 0.25) is 0 Å². The van der Waals surface area contributed by atoms with Crippen molar-refractivity contribution in [3.05, 3.63) is 0 Å². The van der Waals surface area contributed by atoms with E-state index < -0.39 is 0 Å². The fourth-order valence-corrected chi connectivity index (χ4v) is 4.22. The molecule has 1 saturated heterocycles. The summed E-state index contributed by atoms with van der Waals surface area (Å²) in [7, 11) is 0. The van der Waals surface area contributed by atoms with Crippen LogP contribution in [-0.2, 0) is 0 Å². The first-order valence-corrected chi connectivity index (χ1v) is 8.04. The maximum Gasteiger partial charge on any atom is 0.0170 e. The summed E-state index contributed by atoms with van der Waals surface area (Å²) in [4.78, 5) is 2.71. The molecular formula is C16H32N2. The molecule has 1 aliphatic heterocycles. The highest BCUT2D eigenvalue weighted by Crippen LogP contribution is 2.33. The Balaban J connectivity index is 1.87. The fourth-order valence-electron chi connectivity index (χ4n) is 4.22. The van der Waals surface area contributed by atoms with E-state index in [2.05, 4.69) is 25.7 Å². The number of hydrogen-bond acceptors (Lipinski definition) is 2. The van der Waals surface area contributed by atoms with Crippen molar-refractivity contribution in [3.63, 3.8) is 0 Å². The van der Waals surface area contributed by atoms with Crippen LogP contribution < -0.4 is 5.73 Å². The Morgan fingerprint density at radius 2 is 1.94 bits per heavy atom. The third-order valence-corrected chi connectivity index (χ3v) is 4.80. The van der Waals surface area contributed by atoms with Gasteiger partial charge in [0.15, 0.2) is 0 Å². The minimum Gasteiger partial charge on any atom is -0.327 e. The lowest BCUT2D eigenvalue weighted by Gasteiger charge is -2.43. The Bertz CT molecular complexity index is 241. The van der Waals surface area contributed by atoms with E-state index in [1.807, 2.05) is 0 Å². The first kappa shape index (κ1) is 14.3. The Labute approximate surface area is 113 Å². The largest absolute Gasteiger partial charge is 0.327 e. The van der Waals surface area contributed by atoms with Gasteiger partial charge in [-0.05, 0) is 43.4 Å². The predicted molar refractivity (Wildman–Crippen MR) is 78.5 cm³/mol. The third-order valence-electron chi connectivity index (χ3n) is 4.80. The highest BCUT2D eigenvalue weighted by atomic mass is 15.2. The van der Waals surface area contributed by atoms with E-state index in [-0.39, 0.29) is 0 Å². The summed E-state index contributed by atoms with van der Waals surface area (Å²) in [6.45, 7) is 9.52. The van der Waals surface area contributed by atoms with Gasteiger partial charge in [0.1, 0.15) is 0 Å². The van der Waals surface area contributed by atoms with Gasteiger partial charge in [0, 0.05) is 25.2 Å². The number of piperidine rings is 1. The Morgan fingerprint density at radius 3 is 2.61 bits per heavy atom. The number of rotatable bonds is 3. The van der Waals surface area contributed by atoms with Crippen LogP contribution in [-0.4, -0.2) is 30.1 Å². The predicted octanol–water partition coefficient (Wildman–Crippen LogP) is 3.26. The molecule has 0 radical (unpaired) electrons. The van der Waals surface area contributed by atoms with Gasteiger partial charge < -0.3 is 5.73 Å². The van der Waals surface area contributed by atoms with Crippen molar-refractivity contribution in [3.8, 4) is 0 Å². The smallest absolute Gasteiger partial charge is 0.0170 e. The lowest BCUT2D eigenvalue weighted by Crippen LogP contribution is -2.51. The summed E-state index contributed by atoms with van der Waals surface area (Å²) < 4.78 is 0. The van der Waals surface area contributed by atoms with Crippen molar-refractivity contribution in [2.24, 2.45) is 23.5 Å². The molecule has 0 bridgehead atoms. The van der Waals surface area contributed by atoms with Gasteiger partial charge >= 0.3 is 0 Å². The van der Waals surface area contributed by atoms with E-state index in [9.17, 15) is 0 Å².